The largest absolute Gasteiger partial charge is 0.505 e. The maximum atomic E-state index is 12.0. The Morgan fingerprint density at radius 2 is 1.57 bits per heavy atom. The number of nitrogens with one attached hydrogen (secondary N) is 2. The highest BCUT2D eigenvalue weighted by molar-refractivity contribution is 6.31. The van der Waals surface area contributed by atoms with E-state index >= 15 is 0 Å². The maximum Gasteiger partial charge on any atom is 0.328 e. The van der Waals surface area contributed by atoms with Crippen LogP contribution in [0.3, 0.4) is 0 Å². The maximum absolute atomic E-state index is 12.0. The highest BCUT2D eigenvalue weighted by Gasteiger charge is 2.27. The number of imide groups is 2. The number of hydrogen-bond acceptors (Lipinski definition) is 7. The van der Waals surface area contributed by atoms with Crippen LogP contribution in [0.2, 0.25) is 0 Å². The number of phenols is 1. The van der Waals surface area contributed by atoms with Crippen molar-refractivity contribution in [3.05, 3.63) is 82.9 Å². The minimum atomic E-state index is -0.833. The molecule has 2 heterocycles. The van der Waals surface area contributed by atoms with E-state index < -0.39 is 17.8 Å². The van der Waals surface area contributed by atoms with Crippen molar-refractivity contribution in [1.29, 1.82) is 0 Å². The van der Waals surface area contributed by atoms with Gasteiger partial charge in [0.2, 0.25) is 0 Å². The molecule has 1 aliphatic rings. The van der Waals surface area contributed by atoms with Gasteiger partial charge in [-0.3, -0.25) is 20.2 Å². The van der Waals surface area contributed by atoms with E-state index in [9.17, 15) is 19.5 Å². The third-order valence-electron chi connectivity index (χ3n) is 6.07. The Morgan fingerprint density at radius 3 is 2.16 bits per heavy atom. The van der Waals surface area contributed by atoms with Gasteiger partial charge in [-0.2, -0.15) is 0 Å². The van der Waals surface area contributed by atoms with Crippen LogP contribution in [-0.2, 0) is 16.1 Å². The SMILES string of the molecule is CCN(Cc1cc(C)cc(-n2nc3ccccc3n2)c1O)c1ccc(C=C2C(=O)NC(=O)NC2=O)cc1. The third kappa shape index (κ3) is 4.76. The number of carbonyl (C=O) groups is 3. The molecule has 0 atom stereocenters. The molecule has 4 aromatic rings. The number of rotatable bonds is 6. The number of urea groups is 1. The summed E-state index contributed by atoms with van der Waals surface area (Å²) in [4.78, 5) is 38.8. The number of carbonyl (C=O) groups excluding carboxylic acids is 3. The van der Waals surface area contributed by atoms with Crippen LogP contribution in [0.4, 0.5) is 10.5 Å². The van der Waals surface area contributed by atoms with Crippen molar-refractivity contribution in [3.8, 4) is 11.4 Å². The van der Waals surface area contributed by atoms with Gasteiger partial charge < -0.3 is 10.0 Å². The monoisotopic (exact) mass is 496 g/mol. The van der Waals surface area contributed by atoms with Crippen LogP contribution in [0.15, 0.2) is 66.2 Å². The summed E-state index contributed by atoms with van der Waals surface area (Å²) in [5.74, 6) is -1.37. The van der Waals surface area contributed by atoms with Crippen LogP contribution in [-0.4, -0.2) is 44.5 Å². The second-order valence-corrected chi connectivity index (χ2v) is 8.67. The van der Waals surface area contributed by atoms with E-state index in [1.165, 1.54) is 10.9 Å². The number of aromatic hydroxyl groups is 1. The first-order valence-electron chi connectivity index (χ1n) is 11.7. The van der Waals surface area contributed by atoms with Gasteiger partial charge in [0.1, 0.15) is 28.0 Å². The fourth-order valence-corrected chi connectivity index (χ4v) is 4.22. The highest BCUT2D eigenvalue weighted by atomic mass is 16.3. The molecule has 0 radical (unpaired) electrons. The zero-order chi connectivity index (χ0) is 26.1. The first-order valence-corrected chi connectivity index (χ1v) is 11.7. The van der Waals surface area contributed by atoms with Gasteiger partial charge in [0, 0.05) is 24.3 Å². The molecule has 0 unspecified atom stereocenters. The fourth-order valence-electron chi connectivity index (χ4n) is 4.22. The normalized spacial score (nSPS) is 13.5. The summed E-state index contributed by atoms with van der Waals surface area (Å²) in [7, 11) is 0. The topological polar surface area (TPSA) is 129 Å². The number of nitrogens with zero attached hydrogens (tertiary/aromatic N) is 4. The number of phenolic OH excluding ortho intramolecular Hbond substituents is 1. The van der Waals surface area contributed by atoms with Gasteiger partial charge in [0.05, 0.1) is 0 Å². The lowest BCUT2D eigenvalue weighted by Gasteiger charge is -2.24. The van der Waals surface area contributed by atoms with Gasteiger partial charge in [-0.05, 0) is 61.4 Å². The van der Waals surface area contributed by atoms with Crippen LogP contribution in [0.5, 0.6) is 5.75 Å². The zero-order valence-corrected chi connectivity index (χ0v) is 20.2. The molecule has 3 N–H and O–H groups in total. The van der Waals surface area contributed by atoms with Crippen LogP contribution in [0.1, 0.15) is 23.6 Å². The molecule has 1 saturated heterocycles. The summed E-state index contributed by atoms with van der Waals surface area (Å²) in [5.41, 5.74) is 5.06. The number of anilines is 1. The molecule has 4 amide bonds. The molecule has 0 saturated carbocycles. The van der Waals surface area contributed by atoms with E-state index in [2.05, 4.69) is 25.7 Å². The van der Waals surface area contributed by atoms with Crippen LogP contribution < -0.4 is 15.5 Å². The number of aromatic nitrogens is 3. The molecule has 3 aromatic carbocycles. The summed E-state index contributed by atoms with van der Waals surface area (Å²) in [6.07, 6.45) is 1.43. The molecule has 0 aliphatic carbocycles. The smallest absolute Gasteiger partial charge is 0.328 e. The van der Waals surface area contributed by atoms with Gasteiger partial charge in [-0.25, -0.2) is 4.79 Å². The second kappa shape index (κ2) is 9.57. The molecule has 186 valence electrons. The van der Waals surface area contributed by atoms with Crippen molar-refractivity contribution in [1.82, 2.24) is 25.6 Å². The average Bonchev–Trinajstić information content (AvgIpc) is 3.31. The van der Waals surface area contributed by atoms with E-state index in [1.54, 1.807) is 12.1 Å². The minimum absolute atomic E-state index is 0.106. The molecule has 5 rings (SSSR count). The van der Waals surface area contributed by atoms with E-state index in [0.29, 0.717) is 24.3 Å². The van der Waals surface area contributed by atoms with Gasteiger partial charge >= 0.3 is 6.03 Å². The molecule has 10 nitrogen and oxygen atoms in total. The van der Waals surface area contributed by atoms with E-state index in [1.807, 2.05) is 62.4 Å². The fraction of sp³-hybridized carbons (Fsp3) is 0.148. The number of barbiturate groups is 1. The summed E-state index contributed by atoms with van der Waals surface area (Å²) < 4.78 is 0. The van der Waals surface area contributed by atoms with Crippen molar-refractivity contribution in [3.63, 3.8) is 0 Å². The van der Waals surface area contributed by atoms with Gasteiger partial charge in [-0.15, -0.1) is 15.0 Å². The van der Waals surface area contributed by atoms with Crippen molar-refractivity contribution >= 4 is 40.6 Å². The van der Waals surface area contributed by atoms with Crippen molar-refractivity contribution in [2.24, 2.45) is 0 Å². The Labute approximate surface area is 212 Å². The van der Waals surface area contributed by atoms with Crippen LogP contribution in [0, 0.1) is 6.92 Å². The Hall–Kier alpha value is -4.99. The van der Waals surface area contributed by atoms with Gasteiger partial charge in [0.15, 0.2) is 0 Å². The Kier molecular flexibility index (Phi) is 6.14. The van der Waals surface area contributed by atoms with Crippen molar-refractivity contribution in [2.75, 3.05) is 11.4 Å². The lowest BCUT2D eigenvalue weighted by atomic mass is 10.1. The molecular weight excluding hydrogens is 472 g/mol. The lowest BCUT2D eigenvalue weighted by molar-refractivity contribution is -0.123. The average molecular weight is 497 g/mol. The minimum Gasteiger partial charge on any atom is -0.505 e. The number of hydrogen-bond donors (Lipinski definition) is 3. The predicted octanol–water partition coefficient (Wildman–Crippen LogP) is 3.21. The summed E-state index contributed by atoms with van der Waals surface area (Å²) in [6, 6.07) is 17.8. The Bertz CT molecular complexity index is 1520. The lowest BCUT2D eigenvalue weighted by Crippen LogP contribution is -2.51. The van der Waals surface area contributed by atoms with Crippen molar-refractivity contribution in [2.45, 2.75) is 20.4 Å². The molecule has 1 fully saturated rings. The number of amides is 4. The number of benzene rings is 3. The zero-order valence-electron chi connectivity index (χ0n) is 20.2. The Balaban J connectivity index is 1.40. The highest BCUT2D eigenvalue weighted by Crippen LogP contribution is 2.30. The third-order valence-corrected chi connectivity index (χ3v) is 6.07. The molecule has 0 spiro atoms. The number of aryl methyl sites for hydroxylation is 1. The molecular formula is C27H24N6O4. The molecule has 37 heavy (non-hydrogen) atoms. The van der Waals surface area contributed by atoms with Gasteiger partial charge in [-0.1, -0.05) is 30.3 Å². The summed E-state index contributed by atoms with van der Waals surface area (Å²) >= 11 is 0. The van der Waals surface area contributed by atoms with Crippen LogP contribution >= 0.6 is 0 Å². The van der Waals surface area contributed by atoms with E-state index in [4.69, 9.17) is 0 Å². The Morgan fingerprint density at radius 1 is 0.946 bits per heavy atom. The summed E-state index contributed by atoms with van der Waals surface area (Å²) in [6.45, 7) is 5.07. The van der Waals surface area contributed by atoms with Crippen molar-refractivity contribution < 1.29 is 19.5 Å². The first-order chi connectivity index (χ1) is 17.8. The molecule has 10 heteroatoms. The molecule has 0 bridgehead atoms. The first kappa shape index (κ1) is 23.7. The quantitative estimate of drug-likeness (QED) is 0.276. The van der Waals surface area contributed by atoms with Gasteiger partial charge in [0.25, 0.3) is 11.8 Å². The van der Waals surface area contributed by atoms with E-state index in [-0.39, 0.29) is 11.3 Å². The standard InChI is InChI=1S/C27H24N6O4/c1-3-32(19-10-8-17(9-11-19)14-20-25(35)28-27(37)29-26(20)36)15-18-12-16(2)13-23(24(18)34)33-30-21-6-4-5-7-22(21)31-33/h4-14,34H,3,15H2,1-2H3,(H2,28,29,35,36,37). The molecule has 1 aromatic heterocycles. The predicted molar refractivity (Wildman–Crippen MR) is 138 cm³/mol. The van der Waals surface area contributed by atoms with Crippen LogP contribution in [0.25, 0.3) is 22.8 Å². The molecule has 1 aliphatic heterocycles. The van der Waals surface area contributed by atoms with E-state index in [0.717, 1.165) is 27.8 Å². The second-order valence-electron chi connectivity index (χ2n) is 8.67. The number of fused-ring (bicyclic) bond motifs is 1. The summed E-state index contributed by atoms with van der Waals surface area (Å²) in [5, 5.41) is 24.3.